The van der Waals surface area contributed by atoms with E-state index < -0.39 is 0 Å². The molecule has 0 fully saturated rings. The first-order valence-electron chi connectivity index (χ1n) is 6.15. The number of benzene rings is 2. The largest absolute Gasteiger partial charge is 0.506 e. The molecule has 1 N–H and O–H groups in total. The number of aromatic hydroxyl groups is 1. The van der Waals surface area contributed by atoms with Crippen molar-refractivity contribution in [1.82, 2.24) is 4.98 Å². The first-order valence-corrected chi connectivity index (χ1v) is 7.35. The molecule has 0 radical (unpaired) electrons. The van der Waals surface area contributed by atoms with Gasteiger partial charge in [-0.05, 0) is 55.5 Å². The van der Waals surface area contributed by atoms with Crippen LogP contribution in [0.15, 0.2) is 58.3 Å². The van der Waals surface area contributed by atoms with Crippen molar-refractivity contribution in [3.8, 4) is 5.75 Å². The highest BCUT2D eigenvalue weighted by Crippen LogP contribution is 2.31. The molecule has 3 aromatic rings. The van der Waals surface area contributed by atoms with Gasteiger partial charge in [-0.25, -0.2) is 4.98 Å². The SMILES string of the molecule is Cc1nc2ccc(Sc3ccc(Cl)cc3)cc2cc1O. The summed E-state index contributed by atoms with van der Waals surface area (Å²) in [5.74, 6) is 0.228. The molecule has 0 saturated carbocycles. The molecule has 2 nitrogen and oxygen atoms in total. The van der Waals surface area contributed by atoms with E-state index in [2.05, 4.69) is 4.98 Å². The molecule has 3 rings (SSSR count). The molecule has 100 valence electrons. The summed E-state index contributed by atoms with van der Waals surface area (Å²) in [7, 11) is 0. The fourth-order valence-electron chi connectivity index (χ4n) is 1.94. The number of hydrogen-bond donors (Lipinski definition) is 1. The molecule has 0 aliphatic carbocycles. The van der Waals surface area contributed by atoms with Crippen molar-refractivity contribution in [2.45, 2.75) is 16.7 Å². The van der Waals surface area contributed by atoms with Gasteiger partial charge in [0, 0.05) is 20.2 Å². The van der Waals surface area contributed by atoms with Gasteiger partial charge in [0.1, 0.15) is 5.75 Å². The molecule has 1 aromatic heterocycles. The molecule has 0 aliphatic heterocycles. The van der Waals surface area contributed by atoms with E-state index in [4.69, 9.17) is 11.6 Å². The van der Waals surface area contributed by atoms with Gasteiger partial charge < -0.3 is 5.11 Å². The van der Waals surface area contributed by atoms with E-state index in [-0.39, 0.29) is 5.75 Å². The van der Waals surface area contributed by atoms with E-state index in [9.17, 15) is 5.11 Å². The average molecular weight is 302 g/mol. The van der Waals surface area contributed by atoms with Gasteiger partial charge in [-0.2, -0.15) is 0 Å². The molecule has 0 aliphatic rings. The second-order valence-electron chi connectivity index (χ2n) is 4.50. The minimum atomic E-state index is 0.228. The summed E-state index contributed by atoms with van der Waals surface area (Å²) in [5, 5.41) is 11.4. The maximum Gasteiger partial charge on any atom is 0.137 e. The summed E-state index contributed by atoms with van der Waals surface area (Å²) < 4.78 is 0. The Morgan fingerprint density at radius 3 is 2.45 bits per heavy atom. The van der Waals surface area contributed by atoms with Gasteiger partial charge in [0.05, 0.1) is 11.2 Å². The third-order valence-electron chi connectivity index (χ3n) is 3.00. The lowest BCUT2D eigenvalue weighted by Gasteiger charge is -2.05. The quantitative estimate of drug-likeness (QED) is 0.718. The fourth-order valence-corrected chi connectivity index (χ4v) is 2.93. The van der Waals surface area contributed by atoms with Crippen LogP contribution in [0.25, 0.3) is 10.9 Å². The molecule has 0 bridgehead atoms. The lowest BCUT2D eigenvalue weighted by atomic mass is 10.2. The number of hydrogen-bond acceptors (Lipinski definition) is 3. The third-order valence-corrected chi connectivity index (χ3v) is 4.25. The van der Waals surface area contributed by atoms with E-state index >= 15 is 0 Å². The molecule has 20 heavy (non-hydrogen) atoms. The number of pyridine rings is 1. The lowest BCUT2D eigenvalue weighted by molar-refractivity contribution is 0.469. The summed E-state index contributed by atoms with van der Waals surface area (Å²) >= 11 is 7.53. The van der Waals surface area contributed by atoms with Crippen LogP contribution in [0.1, 0.15) is 5.69 Å². The highest BCUT2D eigenvalue weighted by molar-refractivity contribution is 7.99. The van der Waals surface area contributed by atoms with E-state index in [1.807, 2.05) is 42.5 Å². The zero-order chi connectivity index (χ0) is 14.1. The summed E-state index contributed by atoms with van der Waals surface area (Å²) in [6.07, 6.45) is 0. The number of fused-ring (bicyclic) bond motifs is 1. The summed E-state index contributed by atoms with van der Waals surface area (Å²) in [4.78, 5) is 6.58. The first-order chi connectivity index (χ1) is 9.61. The van der Waals surface area contributed by atoms with Crippen LogP contribution in [-0.2, 0) is 0 Å². The maximum absolute atomic E-state index is 9.74. The molecule has 0 atom stereocenters. The van der Waals surface area contributed by atoms with E-state index in [0.29, 0.717) is 5.69 Å². The topological polar surface area (TPSA) is 33.1 Å². The Kier molecular flexibility index (Phi) is 3.55. The lowest BCUT2D eigenvalue weighted by Crippen LogP contribution is -1.85. The van der Waals surface area contributed by atoms with Crippen LogP contribution in [0, 0.1) is 6.92 Å². The van der Waals surface area contributed by atoms with Crippen molar-refractivity contribution in [2.75, 3.05) is 0 Å². The van der Waals surface area contributed by atoms with Crippen molar-refractivity contribution in [3.63, 3.8) is 0 Å². The number of aryl methyl sites for hydroxylation is 1. The number of aromatic nitrogens is 1. The van der Waals surface area contributed by atoms with E-state index in [0.717, 1.165) is 25.7 Å². The Balaban J connectivity index is 1.96. The Morgan fingerprint density at radius 2 is 1.70 bits per heavy atom. The molecule has 0 saturated heterocycles. The average Bonchev–Trinajstić information content (AvgIpc) is 2.43. The standard InChI is InChI=1S/C16H12ClNOS/c1-10-16(19)9-11-8-14(6-7-15(11)18-10)20-13-4-2-12(17)3-5-13/h2-9,19H,1H3. The minimum absolute atomic E-state index is 0.228. The van der Waals surface area contributed by atoms with Crippen molar-refractivity contribution < 1.29 is 5.11 Å². The smallest absolute Gasteiger partial charge is 0.137 e. The molecule has 0 spiro atoms. The minimum Gasteiger partial charge on any atom is -0.506 e. The molecular formula is C16H12ClNOS. The molecule has 4 heteroatoms. The monoisotopic (exact) mass is 301 g/mol. The molecule has 1 heterocycles. The second kappa shape index (κ2) is 5.35. The first kappa shape index (κ1) is 13.3. The van der Waals surface area contributed by atoms with E-state index in [1.54, 1.807) is 24.8 Å². The van der Waals surface area contributed by atoms with Gasteiger partial charge in [0.25, 0.3) is 0 Å². The van der Waals surface area contributed by atoms with E-state index in [1.165, 1.54) is 0 Å². The Bertz CT molecular complexity index is 771. The third kappa shape index (κ3) is 2.74. The molecule has 0 unspecified atom stereocenters. The van der Waals surface area contributed by atoms with Gasteiger partial charge in [-0.1, -0.05) is 23.4 Å². The van der Waals surface area contributed by atoms with Crippen LogP contribution in [-0.4, -0.2) is 10.1 Å². The van der Waals surface area contributed by atoms with Gasteiger partial charge in [0.15, 0.2) is 0 Å². The molecular weight excluding hydrogens is 290 g/mol. The normalized spacial score (nSPS) is 10.9. The second-order valence-corrected chi connectivity index (χ2v) is 6.09. The van der Waals surface area contributed by atoms with Crippen LogP contribution < -0.4 is 0 Å². The predicted octanol–water partition coefficient (Wildman–Crippen LogP) is 5.05. The Labute approximate surface area is 126 Å². The Morgan fingerprint density at radius 1 is 1.00 bits per heavy atom. The number of halogens is 1. The van der Waals surface area contributed by atoms with Crippen molar-refractivity contribution in [3.05, 3.63) is 59.2 Å². The summed E-state index contributed by atoms with van der Waals surface area (Å²) in [5.41, 5.74) is 1.54. The summed E-state index contributed by atoms with van der Waals surface area (Å²) in [6.45, 7) is 1.80. The van der Waals surface area contributed by atoms with Crippen LogP contribution in [0.4, 0.5) is 0 Å². The zero-order valence-electron chi connectivity index (χ0n) is 10.8. The van der Waals surface area contributed by atoms with Crippen LogP contribution >= 0.6 is 23.4 Å². The number of rotatable bonds is 2. The van der Waals surface area contributed by atoms with Crippen molar-refractivity contribution >= 4 is 34.3 Å². The van der Waals surface area contributed by atoms with Crippen LogP contribution in [0.2, 0.25) is 5.02 Å². The van der Waals surface area contributed by atoms with Crippen LogP contribution in [0.5, 0.6) is 5.75 Å². The highest BCUT2D eigenvalue weighted by atomic mass is 35.5. The zero-order valence-corrected chi connectivity index (χ0v) is 12.4. The van der Waals surface area contributed by atoms with Gasteiger partial charge in [-0.15, -0.1) is 0 Å². The van der Waals surface area contributed by atoms with Crippen molar-refractivity contribution in [1.29, 1.82) is 0 Å². The molecule has 2 aromatic carbocycles. The maximum atomic E-state index is 9.74. The molecule has 0 amide bonds. The summed E-state index contributed by atoms with van der Waals surface area (Å²) in [6, 6.07) is 15.5. The van der Waals surface area contributed by atoms with Gasteiger partial charge >= 0.3 is 0 Å². The fraction of sp³-hybridized carbons (Fsp3) is 0.0625. The highest BCUT2D eigenvalue weighted by Gasteiger charge is 2.04. The number of nitrogens with zero attached hydrogens (tertiary/aromatic N) is 1. The van der Waals surface area contributed by atoms with Crippen molar-refractivity contribution in [2.24, 2.45) is 0 Å². The Hall–Kier alpha value is -1.71. The van der Waals surface area contributed by atoms with Gasteiger partial charge in [0.2, 0.25) is 0 Å². The predicted molar refractivity (Wildman–Crippen MR) is 83.7 cm³/mol. The van der Waals surface area contributed by atoms with Crippen LogP contribution in [0.3, 0.4) is 0 Å². The van der Waals surface area contributed by atoms with Gasteiger partial charge in [-0.3, -0.25) is 0 Å².